The first kappa shape index (κ1) is 19.9. The summed E-state index contributed by atoms with van der Waals surface area (Å²) in [5, 5.41) is 0. The Hall–Kier alpha value is -2.87. The molecule has 0 saturated heterocycles. The molecule has 2 aromatic carbocycles. The van der Waals surface area contributed by atoms with Gasteiger partial charge in [-0.2, -0.15) is 0 Å². The van der Waals surface area contributed by atoms with Crippen molar-refractivity contribution in [2.45, 2.75) is 13.3 Å². The molecule has 0 spiro atoms. The van der Waals surface area contributed by atoms with E-state index in [0.29, 0.717) is 30.0 Å². The standard InChI is InChI=1S/C20H21NO6S/c1-3-28(24,25)21-11-10-14-12-15(8-9-17(14)21)18(22)13-27-20(23)16-6-4-5-7-19(16)26-2/h4-9,12H,3,10-11,13H2,1-2H3. The molecule has 0 aromatic heterocycles. The highest BCUT2D eigenvalue weighted by molar-refractivity contribution is 7.92. The number of benzene rings is 2. The lowest BCUT2D eigenvalue weighted by atomic mass is 10.1. The van der Waals surface area contributed by atoms with Gasteiger partial charge in [0.05, 0.1) is 18.6 Å². The van der Waals surface area contributed by atoms with E-state index >= 15 is 0 Å². The van der Waals surface area contributed by atoms with Crippen molar-refractivity contribution in [2.24, 2.45) is 0 Å². The van der Waals surface area contributed by atoms with E-state index in [2.05, 4.69) is 0 Å². The normalized spacial score (nSPS) is 13.1. The largest absolute Gasteiger partial charge is 0.496 e. The molecule has 1 aliphatic heterocycles. The van der Waals surface area contributed by atoms with Gasteiger partial charge in [-0.3, -0.25) is 9.10 Å². The smallest absolute Gasteiger partial charge is 0.342 e. The fourth-order valence-electron chi connectivity index (χ4n) is 3.10. The monoisotopic (exact) mass is 403 g/mol. The first-order valence-corrected chi connectivity index (χ1v) is 10.4. The predicted octanol–water partition coefficient (Wildman–Crippen LogP) is 2.45. The van der Waals surface area contributed by atoms with Gasteiger partial charge in [0.1, 0.15) is 11.3 Å². The predicted molar refractivity (Wildman–Crippen MR) is 105 cm³/mol. The number of para-hydroxylation sites is 1. The molecule has 7 nitrogen and oxygen atoms in total. The van der Waals surface area contributed by atoms with Gasteiger partial charge in [-0.05, 0) is 49.2 Å². The maximum atomic E-state index is 12.4. The number of fused-ring (bicyclic) bond motifs is 1. The molecule has 0 bridgehead atoms. The number of ketones is 1. The number of anilines is 1. The average molecular weight is 403 g/mol. The zero-order chi connectivity index (χ0) is 20.3. The van der Waals surface area contributed by atoms with Crippen molar-refractivity contribution >= 4 is 27.5 Å². The molecule has 8 heteroatoms. The summed E-state index contributed by atoms with van der Waals surface area (Å²) in [5.41, 5.74) is 2.01. The summed E-state index contributed by atoms with van der Waals surface area (Å²) in [4.78, 5) is 24.6. The molecule has 28 heavy (non-hydrogen) atoms. The Kier molecular flexibility index (Phi) is 5.69. The summed E-state index contributed by atoms with van der Waals surface area (Å²) in [7, 11) is -1.89. The van der Waals surface area contributed by atoms with Gasteiger partial charge in [0, 0.05) is 12.1 Å². The summed E-state index contributed by atoms with van der Waals surface area (Å²) in [6, 6.07) is 11.5. The molecule has 0 unspecified atom stereocenters. The van der Waals surface area contributed by atoms with Crippen molar-refractivity contribution in [1.82, 2.24) is 0 Å². The second-order valence-electron chi connectivity index (χ2n) is 6.27. The van der Waals surface area contributed by atoms with Gasteiger partial charge in [0.2, 0.25) is 10.0 Å². The molecule has 1 aliphatic rings. The van der Waals surface area contributed by atoms with Crippen LogP contribution in [0.25, 0.3) is 0 Å². The minimum Gasteiger partial charge on any atom is -0.496 e. The van der Waals surface area contributed by atoms with Crippen LogP contribution in [-0.4, -0.2) is 46.2 Å². The van der Waals surface area contributed by atoms with Crippen molar-refractivity contribution in [3.8, 4) is 5.75 Å². The molecule has 0 aliphatic carbocycles. The van der Waals surface area contributed by atoms with Crippen LogP contribution in [-0.2, 0) is 21.2 Å². The minimum absolute atomic E-state index is 0.0199. The number of hydrogen-bond acceptors (Lipinski definition) is 6. The Morgan fingerprint density at radius 2 is 1.89 bits per heavy atom. The Bertz CT molecular complexity index is 1020. The van der Waals surface area contributed by atoms with Crippen LogP contribution >= 0.6 is 0 Å². The number of hydrogen-bond donors (Lipinski definition) is 0. The van der Waals surface area contributed by atoms with Crippen molar-refractivity contribution in [3.05, 3.63) is 59.2 Å². The summed E-state index contributed by atoms with van der Waals surface area (Å²) >= 11 is 0. The third kappa shape index (κ3) is 3.87. The van der Waals surface area contributed by atoms with Gasteiger partial charge in [-0.15, -0.1) is 0 Å². The van der Waals surface area contributed by atoms with Crippen LogP contribution in [0.1, 0.15) is 33.2 Å². The first-order chi connectivity index (χ1) is 13.4. The Morgan fingerprint density at radius 1 is 1.14 bits per heavy atom. The number of carbonyl (C=O) groups is 2. The Labute approximate surface area is 163 Å². The molecule has 0 saturated carbocycles. The Balaban J connectivity index is 1.70. The van der Waals surface area contributed by atoms with E-state index in [-0.39, 0.29) is 17.1 Å². The molecule has 3 rings (SSSR count). The minimum atomic E-state index is -3.34. The van der Waals surface area contributed by atoms with E-state index in [0.717, 1.165) is 5.56 Å². The Morgan fingerprint density at radius 3 is 2.61 bits per heavy atom. The van der Waals surface area contributed by atoms with E-state index < -0.39 is 22.6 Å². The van der Waals surface area contributed by atoms with Crippen LogP contribution in [0.4, 0.5) is 5.69 Å². The zero-order valence-electron chi connectivity index (χ0n) is 15.7. The van der Waals surface area contributed by atoms with Gasteiger partial charge in [0.15, 0.2) is 12.4 Å². The fourth-order valence-corrected chi connectivity index (χ4v) is 4.25. The van der Waals surface area contributed by atoms with Gasteiger partial charge >= 0.3 is 5.97 Å². The number of methoxy groups -OCH3 is 1. The highest BCUT2D eigenvalue weighted by atomic mass is 32.2. The van der Waals surface area contributed by atoms with Crippen LogP contribution in [0.5, 0.6) is 5.75 Å². The summed E-state index contributed by atoms with van der Waals surface area (Å²) in [6.45, 7) is 1.56. The van der Waals surface area contributed by atoms with Crippen LogP contribution in [0.2, 0.25) is 0 Å². The van der Waals surface area contributed by atoms with E-state index in [1.165, 1.54) is 11.4 Å². The topological polar surface area (TPSA) is 90.0 Å². The SMILES string of the molecule is CCS(=O)(=O)N1CCc2cc(C(=O)COC(=O)c3ccccc3OC)ccc21. The number of Topliss-reactive ketones (excluding diaryl/α,β-unsaturated/α-hetero) is 1. The lowest BCUT2D eigenvalue weighted by Crippen LogP contribution is -2.30. The van der Waals surface area contributed by atoms with Crippen molar-refractivity contribution in [3.63, 3.8) is 0 Å². The average Bonchev–Trinajstić information content (AvgIpc) is 3.15. The molecule has 0 fully saturated rings. The molecule has 0 N–H and O–H groups in total. The molecule has 1 heterocycles. The lowest BCUT2D eigenvalue weighted by Gasteiger charge is -2.18. The molecule has 0 atom stereocenters. The molecular weight excluding hydrogens is 382 g/mol. The van der Waals surface area contributed by atoms with Gasteiger partial charge < -0.3 is 9.47 Å². The van der Waals surface area contributed by atoms with Crippen LogP contribution in [0, 0.1) is 0 Å². The third-order valence-corrected chi connectivity index (χ3v) is 6.40. The second kappa shape index (κ2) is 8.02. The molecule has 148 valence electrons. The fraction of sp³-hybridized carbons (Fsp3) is 0.300. The molecule has 0 radical (unpaired) electrons. The first-order valence-electron chi connectivity index (χ1n) is 8.84. The number of ether oxygens (including phenoxy) is 2. The van der Waals surface area contributed by atoms with Gasteiger partial charge in [-0.1, -0.05) is 12.1 Å². The lowest BCUT2D eigenvalue weighted by molar-refractivity contribution is 0.0471. The van der Waals surface area contributed by atoms with Crippen molar-refractivity contribution in [1.29, 1.82) is 0 Å². The van der Waals surface area contributed by atoms with E-state index in [1.807, 2.05) is 0 Å². The molecule has 2 aromatic rings. The number of sulfonamides is 1. The number of carbonyl (C=O) groups excluding carboxylic acids is 2. The van der Waals surface area contributed by atoms with Crippen LogP contribution in [0.3, 0.4) is 0 Å². The van der Waals surface area contributed by atoms with Crippen LogP contribution < -0.4 is 9.04 Å². The maximum Gasteiger partial charge on any atom is 0.342 e. The number of rotatable bonds is 7. The van der Waals surface area contributed by atoms with E-state index in [9.17, 15) is 18.0 Å². The van der Waals surface area contributed by atoms with Gasteiger partial charge in [-0.25, -0.2) is 13.2 Å². The van der Waals surface area contributed by atoms with Crippen LogP contribution in [0.15, 0.2) is 42.5 Å². The van der Waals surface area contributed by atoms with Gasteiger partial charge in [0.25, 0.3) is 0 Å². The zero-order valence-corrected chi connectivity index (χ0v) is 16.5. The van der Waals surface area contributed by atoms with E-state index in [4.69, 9.17) is 9.47 Å². The molecular formula is C20H21NO6S. The quantitative estimate of drug-likeness (QED) is 0.521. The summed E-state index contributed by atoms with van der Waals surface area (Å²) in [5.74, 6) is -0.615. The highest BCUT2D eigenvalue weighted by Gasteiger charge is 2.28. The van der Waals surface area contributed by atoms with E-state index in [1.54, 1.807) is 49.4 Å². The maximum absolute atomic E-state index is 12.4. The van der Waals surface area contributed by atoms with Crippen molar-refractivity contribution in [2.75, 3.05) is 30.3 Å². The van der Waals surface area contributed by atoms with Crippen molar-refractivity contribution < 1.29 is 27.5 Å². The highest BCUT2D eigenvalue weighted by Crippen LogP contribution is 2.31. The summed E-state index contributed by atoms with van der Waals surface area (Å²) in [6.07, 6.45) is 0.538. The third-order valence-electron chi connectivity index (χ3n) is 4.62. The number of esters is 1. The second-order valence-corrected chi connectivity index (χ2v) is 8.45. The summed E-state index contributed by atoms with van der Waals surface area (Å²) < 4.78 is 35.9. The molecule has 0 amide bonds. The number of nitrogens with zero attached hydrogens (tertiary/aromatic N) is 1.